The summed E-state index contributed by atoms with van der Waals surface area (Å²) in [5, 5.41) is 6.52. The molecule has 0 aliphatic carbocycles. The smallest absolute Gasteiger partial charge is 0.340 e. The molecule has 0 aliphatic rings. The van der Waals surface area contributed by atoms with Crippen LogP contribution in [0.2, 0.25) is 0 Å². The predicted octanol–water partition coefficient (Wildman–Crippen LogP) is 4.19. The molecule has 1 atom stereocenters. The lowest BCUT2D eigenvalue weighted by molar-refractivity contribution is -0.149. The Morgan fingerprint density at radius 2 is 2.00 bits per heavy atom. The van der Waals surface area contributed by atoms with E-state index in [9.17, 15) is 9.59 Å². The third-order valence-corrected chi connectivity index (χ3v) is 5.23. The van der Waals surface area contributed by atoms with Crippen molar-refractivity contribution in [3.8, 4) is 0 Å². The zero-order valence-corrected chi connectivity index (χ0v) is 15.6. The Morgan fingerprint density at radius 3 is 2.65 bits per heavy atom. The summed E-state index contributed by atoms with van der Waals surface area (Å²) in [7, 11) is 0. The Balaban J connectivity index is 1.66. The summed E-state index contributed by atoms with van der Waals surface area (Å²) >= 11 is 2.98. The Labute approximate surface area is 158 Å². The summed E-state index contributed by atoms with van der Waals surface area (Å²) in [6.45, 7) is 1.79. The average Bonchev–Trinajstić information content (AvgIpc) is 3.40. The lowest BCUT2D eigenvalue weighted by Crippen LogP contribution is -2.35. The molecule has 0 radical (unpaired) electrons. The van der Waals surface area contributed by atoms with Gasteiger partial charge in [-0.2, -0.15) is 0 Å². The molecular weight excluding hydrogens is 370 g/mol. The largest absolute Gasteiger partial charge is 0.467 e. The van der Waals surface area contributed by atoms with Crippen LogP contribution >= 0.6 is 22.7 Å². The molecule has 0 bridgehead atoms. The second-order valence-electron chi connectivity index (χ2n) is 5.40. The van der Waals surface area contributed by atoms with Crippen LogP contribution in [0.15, 0.2) is 57.8 Å². The van der Waals surface area contributed by atoms with E-state index in [4.69, 9.17) is 9.15 Å². The van der Waals surface area contributed by atoms with Gasteiger partial charge in [-0.1, -0.05) is 12.1 Å². The van der Waals surface area contributed by atoms with Crippen LogP contribution in [0.1, 0.15) is 22.4 Å². The van der Waals surface area contributed by atoms with Gasteiger partial charge in [0.25, 0.3) is 5.91 Å². The highest BCUT2D eigenvalue weighted by molar-refractivity contribution is 7.12. The number of hydrogen-bond acceptors (Lipinski definition) is 6. The van der Waals surface area contributed by atoms with Crippen LogP contribution in [-0.2, 0) is 20.9 Å². The second kappa shape index (κ2) is 8.64. The van der Waals surface area contributed by atoms with Gasteiger partial charge in [-0.3, -0.25) is 4.79 Å². The maximum Gasteiger partial charge on any atom is 0.340 e. The molecule has 1 amide bonds. The minimum Gasteiger partial charge on any atom is -0.467 e. The van der Waals surface area contributed by atoms with E-state index in [2.05, 4.69) is 5.32 Å². The fourth-order valence-corrected chi connectivity index (χ4v) is 3.57. The second-order valence-corrected chi connectivity index (χ2v) is 7.32. The zero-order chi connectivity index (χ0) is 18.4. The summed E-state index contributed by atoms with van der Waals surface area (Å²) in [6, 6.07) is 11.1. The van der Waals surface area contributed by atoms with Crippen molar-refractivity contribution in [3.05, 3.63) is 68.9 Å². The van der Waals surface area contributed by atoms with Crippen molar-refractivity contribution in [1.82, 2.24) is 5.32 Å². The number of thiophene rings is 2. The van der Waals surface area contributed by atoms with Gasteiger partial charge in [-0.25, -0.2) is 4.79 Å². The van der Waals surface area contributed by atoms with Gasteiger partial charge in [0, 0.05) is 9.75 Å². The first-order valence-corrected chi connectivity index (χ1v) is 9.69. The molecule has 3 heterocycles. The molecule has 0 unspecified atom stereocenters. The van der Waals surface area contributed by atoms with Crippen molar-refractivity contribution in [2.45, 2.75) is 19.6 Å². The van der Waals surface area contributed by atoms with E-state index in [-0.39, 0.29) is 12.5 Å². The molecule has 0 spiro atoms. The fourth-order valence-electron chi connectivity index (χ4n) is 2.19. The molecule has 5 nitrogen and oxygen atoms in total. The van der Waals surface area contributed by atoms with Crippen molar-refractivity contribution in [1.29, 1.82) is 0 Å². The summed E-state index contributed by atoms with van der Waals surface area (Å²) in [6.07, 6.45) is 2.41. The van der Waals surface area contributed by atoms with E-state index in [0.29, 0.717) is 11.3 Å². The Kier molecular flexibility index (Phi) is 6.04. The minimum atomic E-state index is -0.913. The fraction of sp³-hybridized carbons (Fsp3) is 0.158. The van der Waals surface area contributed by atoms with Gasteiger partial charge in [0.1, 0.15) is 5.76 Å². The first-order chi connectivity index (χ1) is 12.6. The number of furan rings is 1. The standard InChI is InChI=1S/C19H17NO4S2/c1-13(18(21)20-12-14-5-2-8-23-14)24-19(22)16(17-7-4-10-26-17)11-15-6-3-9-25-15/h2-11,13H,12H2,1H3,(H,20,21)/b16-11+/t13-/m1/s1. The number of hydrogen-bond donors (Lipinski definition) is 1. The van der Waals surface area contributed by atoms with Crippen LogP contribution in [0, 0.1) is 0 Å². The number of carbonyl (C=O) groups excluding carboxylic acids is 2. The zero-order valence-electron chi connectivity index (χ0n) is 14.0. The highest BCUT2D eigenvalue weighted by atomic mass is 32.1. The molecule has 7 heteroatoms. The van der Waals surface area contributed by atoms with Crippen LogP contribution in [0.4, 0.5) is 0 Å². The van der Waals surface area contributed by atoms with E-state index in [1.165, 1.54) is 28.9 Å². The van der Waals surface area contributed by atoms with Crippen LogP contribution in [-0.4, -0.2) is 18.0 Å². The maximum absolute atomic E-state index is 12.6. The molecule has 0 saturated carbocycles. The highest BCUT2D eigenvalue weighted by Gasteiger charge is 2.22. The molecule has 3 aromatic rings. The van der Waals surface area contributed by atoms with Gasteiger partial charge >= 0.3 is 5.97 Å². The SMILES string of the molecule is C[C@@H](OC(=O)/C(=C/c1cccs1)c1cccs1)C(=O)NCc1ccco1. The summed E-state index contributed by atoms with van der Waals surface area (Å²) in [5.41, 5.74) is 0.438. The summed E-state index contributed by atoms with van der Waals surface area (Å²) in [4.78, 5) is 26.5. The Bertz CT molecular complexity index is 865. The summed E-state index contributed by atoms with van der Waals surface area (Å²) < 4.78 is 10.5. The molecule has 26 heavy (non-hydrogen) atoms. The van der Waals surface area contributed by atoms with Gasteiger partial charge in [0.05, 0.1) is 18.4 Å². The first-order valence-electron chi connectivity index (χ1n) is 7.93. The molecule has 134 valence electrons. The van der Waals surface area contributed by atoms with Crippen molar-refractivity contribution in [3.63, 3.8) is 0 Å². The molecule has 1 N–H and O–H groups in total. The monoisotopic (exact) mass is 387 g/mol. The maximum atomic E-state index is 12.6. The van der Waals surface area contributed by atoms with E-state index in [1.807, 2.05) is 35.0 Å². The normalized spacial score (nSPS) is 12.6. The third kappa shape index (κ3) is 4.71. The predicted molar refractivity (Wildman–Crippen MR) is 103 cm³/mol. The number of rotatable bonds is 7. The lowest BCUT2D eigenvalue weighted by Gasteiger charge is -2.14. The lowest BCUT2D eigenvalue weighted by atomic mass is 10.2. The van der Waals surface area contributed by atoms with Gasteiger partial charge in [-0.15, -0.1) is 22.7 Å². The van der Waals surface area contributed by atoms with Crippen LogP contribution in [0.5, 0.6) is 0 Å². The van der Waals surface area contributed by atoms with E-state index in [0.717, 1.165) is 9.75 Å². The molecule has 3 rings (SSSR count). The molecule has 0 aromatic carbocycles. The average molecular weight is 387 g/mol. The molecular formula is C19H17NO4S2. The quantitative estimate of drug-likeness (QED) is 0.487. The number of carbonyl (C=O) groups is 2. The van der Waals surface area contributed by atoms with Crippen LogP contribution < -0.4 is 5.32 Å². The van der Waals surface area contributed by atoms with E-state index >= 15 is 0 Å². The van der Waals surface area contributed by atoms with Gasteiger partial charge in [0.2, 0.25) is 0 Å². The minimum absolute atomic E-state index is 0.247. The molecule has 0 saturated heterocycles. The number of ether oxygens (including phenoxy) is 1. The van der Waals surface area contributed by atoms with Crippen molar-refractivity contribution in [2.24, 2.45) is 0 Å². The van der Waals surface area contributed by atoms with E-state index < -0.39 is 12.1 Å². The Morgan fingerprint density at radius 1 is 1.19 bits per heavy atom. The third-order valence-electron chi connectivity index (χ3n) is 3.51. The highest BCUT2D eigenvalue weighted by Crippen LogP contribution is 2.26. The van der Waals surface area contributed by atoms with Crippen molar-refractivity contribution < 1.29 is 18.7 Å². The molecule has 0 fully saturated rings. The van der Waals surface area contributed by atoms with Crippen LogP contribution in [0.3, 0.4) is 0 Å². The topological polar surface area (TPSA) is 68.5 Å². The van der Waals surface area contributed by atoms with Crippen molar-refractivity contribution in [2.75, 3.05) is 0 Å². The van der Waals surface area contributed by atoms with E-state index in [1.54, 1.807) is 25.1 Å². The number of esters is 1. The molecule has 0 aliphatic heterocycles. The first kappa shape index (κ1) is 18.2. The van der Waals surface area contributed by atoms with Crippen LogP contribution in [0.25, 0.3) is 11.6 Å². The van der Waals surface area contributed by atoms with Gasteiger partial charge in [0.15, 0.2) is 6.10 Å². The van der Waals surface area contributed by atoms with Gasteiger partial charge in [-0.05, 0) is 48.0 Å². The Hall–Kier alpha value is -2.64. The molecule has 3 aromatic heterocycles. The summed E-state index contributed by atoms with van der Waals surface area (Å²) in [5.74, 6) is -0.272. The van der Waals surface area contributed by atoms with Gasteiger partial charge < -0.3 is 14.5 Å². The number of amides is 1. The van der Waals surface area contributed by atoms with Crippen molar-refractivity contribution >= 4 is 46.2 Å². The number of nitrogens with one attached hydrogen (secondary N) is 1.